The van der Waals surface area contributed by atoms with Crippen LogP contribution in [0.3, 0.4) is 0 Å². The number of carboxylic acid groups (broad SMARTS) is 1. The number of carbonyl (C=O) groups is 2. The smallest absolute Gasteiger partial charge is 0.305 e. The van der Waals surface area contributed by atoms with Crippen LogP contribution in [0, 0.1) is 0 Å². The van der Waals surface area contributed by atoms with Crippen molar-refractivity contribution in [1.82, 2.24) is 5.32 Å². The van der Waals surface area contributed by atoms with E-state index in [-0.39, 0.29) is 0 Å². The summed E-state index contributed by atoms with van der Waals surface area (Å²) in [5, 5.41) is 10.8. The molecule has 19 heavy (non-hydrogen) atoms. The molecular formula is C13H15N2O4. The Morgan fingerprint density at radius 3 is 2.47 bits per heavy atom. The van der Waals surface area contributed by atoms with Gasteiger partial charge in [-0.05, 0) is 12.0 Å². The fourth-order valence-electron chi connectivity index (χ4n) is 1.54. The lowest BCUT2D eigenvalue weighted by Gasteiger charge is -2.15. The number of nitrogens with two attached hydrogens (primary N) is 1. The molecule has 2 atom stereocenters. The summed E-state index contributed by atoms with van der Waals surface area (Å²) < 4.78 is 0. The van der Waals surface area contributed by atoms with Crippen LogP contribution in [0.15, 0.2) is 30.3 Å². The van der Waals surface area contributed by atoms with Gasteiger partial charge in [-0.25, -0.2) is 0 Å². The molecular weight excluding hydrogens is 248 g/mol. The predicted octanol–water partition coefficient (Wildman–Crippen LogP) is -0.374. The highest BCUT2D eigenvalue weighted by molar-refractivity contribution is 5.86. The molecule has 1 radical (unpaired) electrons. The molecule has 0 aliphatic rings. The topological polar surface area (TPSA) is 109 Å². The zero-order valence-electron chi connectivity index (χ0n) is 10.2. The van der Waals surface area contributed by atoms with Gasteiger partial charge in [-0.2, -0.15) is 0 Å². The average Bonchev–Trinajstić information content (AvgIpc) is 2.38. The van der Waals surface area contributed by atoms with Crippen molar-refractivity contribution in [2.24, 2.45) is 5.73 Å². The SMILES string of the molecule is N[C@@H](Cc1ccccc1)C(=O)N[C@H]([C]=O)CC(=O)O. The largest absolute Gasteiger partial charge is 0.481 e. The van der Waals surface area contributed by atoms with E-state index in [0.717, 1.165) is 5.56 Å². The number of carboxylic acids is 1. The molecule has 0 heterocycles. The van der Waals surface area contributed by atoms with E-state index in [1.807, 2.05) is 30.3 Å². The number of amides is 1. The number of aliphatic carboxylic acids is 1. The minimum absolute atomic E-state index is 0.311. The lowest BCUT2D eigenvalue weighted by Crippen LogP contribution is -2.47. The van der Waals surface area contributed by atoms with E-state index in [9.17, 15) is 14.4 Å². The van der Waals surface area contributed by atoms with E-state index < -0.39 is 30.4 Å². The van der Waals surface area contributed by atoms with Crippen LogP contribution in [0.4, 0.5) is 0 Å². The van der Waals surface area contributed by atoms with E-state index >= 15 is 0 Å². The van der Waals surface area contributed by atoms with Crippen LogP contribution in [-0.4, -0.2) is 35.4 Å². The summed E-state index contributed by atoms with van der Waals surface area (Å²) >= 11 is 0. The van der Waals surface area contributed by atoms with Gasteiger partial charge in [0, 0.05) is 0 Å². The van der Waals surface area contributed by atoms with Gasteiger partial charge in [0.1, 0.15) is 6.04 Å². The van der Waals surface area contributed by atoms with Crippen LogP contribution in [0.5, 0.6) is 0 Å². The Morgan fingerprint density at radius 2 is 1.95 bits per heavy atom. The van der Waals surface area contributed by atoms with Gasteiger partial charge in [0.15, 0.2) is 0 Å². The number of carbonyl (C=O) groups excluding carboxylic acids is 2. The lowest BCUT2D eigenvalue weighted by molar-refractivity contribution is -0.137. The second-order valence-corrected chi connectivity index (χ2v) is 4.07. The van der Waals surface area contributed by atoms with E-state index in [0.29, 0.717) is 6.42 Å². The Labute approximate surface area is 110 Å². The number of nitrogens with one attached hydrogen (secondary N) is 1. The Morgan fingerprint density at radius 1 is 1.32 bits per heavy atom. The molecule has 0 bridgehead atoms. The van der Waals surface area contributed by atoms with Crippen LogP contribution in [0.25, 0.3) is 0 Å². The number of rotatable bonds is 7. The maximum absolute atomic E-state index is 11.7. The normalized spacial score (nSPS) is 13.3. The molecule has 0 aliphatic carbocycles. The van der Waals surface area contributed by atoms with Gasteiger partial charge in [0.25, 0.3) is 0 Å². The minimum Gasteiger partial charge on any atom is -0.481 e. The number of benzene rings is 1. The Hall–Kier alpha value is -2.21. The Balaban J connectivity index is 2.52. The monoisotopic (exact) mass is 263 g/mol. The molecule has 4 N–H and O–H groups in total. The zero-order valence-corrected chi connectivity index (χ0v) is 10.2. The molecule has 6 heteroatoms. The maximum atomic E-state index is 11.7. The van der Waals surface area contributed by atoms with Gasteiger partial charge in [0.2, 0.25) is 12.2 Å². The van der Waals surface area contributed by atoms with Crippen LogP contribution in [0.2, 0.25) is 0 Å². The predicted molar refractivity (Wildman–Crippen MR) is 68.0 cm³/mol. The van der Waals surface area contributed by atoms with Crippen LogP contribution in [0.1, 0.15) is 12.0 Å². The maximum Gasteiger partial charge on any atom is 0.305 e. The summed E-state index contributed by atoms with van der Waals surface area (Å²) in [5.74, 6) is -1.76. The first-order chi connectivity index (χ1) is 9.02. The molecule has 1 aromatic rings. The molecule has 0 aromatic heterocycles. The van der Waals surface area contributed by atoms with Crippen molar-refractivity contribution >= 4 is 18.2 Å². The zero-order chi connectivity index (χ0) is 14.3. The second kappa shape index (κ2) is 7.27. The molecule has 6 nitrogen and oxygen atoms in total. The summed E-state index contributed by atoms with van der Waals surface area (Å²) in [5.41, 5.74) is 6.58. The summed E-state index contributed by atoms with van der Waals surface area (Å²) in [6.45, 7) is 0. The fraction of sp³-hybridized carbons (Fsp3) is 0.308. The quantitative estimate of drug-likeness (QED) is 0.621. The summed E-state index contributed by atoms with van der Waals surface area (Å²) in [6.07, 6.45) is 1.27. The fourth-order valence-corrected chi connectivity index (χ4v) is 1.54. The summed E-state index contributed by atoms with van der Waals surface area (Å²) in [6, 6.07) is 7.14. The molecule has 1 amide bonds. The second-order valence-electron chi connectivity index (χ2n) is 4.07. The van der Waals surface area contributed by atoms with Crippen molar-refractivity contribution in [3.8, 4) is 0 Å². The van der Waals surface area contributed by atoms with E-state index in [1.54, 1.807) is 0 Å². The molecule has 0 unspecified atom stereocenters. The Kier molecular flexibility index (Phi) is 5.69. The molecule has 101 valence electrons. The van der Waals surface area contributed by atoms with Crippen molar-refractivity contribution < 1.29 is 19.5 Å². The van der Waals surface area contributed by atoms with Gasteiger partial charge >= 0.3 is 5.97 Å². The van der Waals surface area contributed by atoms with Crippen LogP contribution >= 0.6 is 0 Å². The number of hydrogen-bond donors (Lipinski definition) is 3. The van der Waals surface area contributed by atoms with Gasteiger partial charge < -0.3 is 16.2 Å². The Bertz CT molecular complexity index is 447. The molecule has 1 aromatic carbocycles. The van der Waals surface area contributed by atoms with E-state index in [1.165, 1.54) is 6.29 Å². The van der Waals surface area contributed by atoms with Gasteiger partial charge in [0.05, 0.1) is 12.5 Å². The molecule has 0 fully saturated rings. The molecule has 0 saturated heterocycles. The third-order valence-corrected chi connectivity index (χ3v) is 2.47. The van der Waals surface area contributed by atoms with Crippen molar-refractivity contribution in [2.75, 3.05) is 0 Å². The first-order valence-electron chi connectivity index (χ1n) is 5.72. The van der Waals surface area contributed by atoms with Crippen molar-refractivity contribution in [3.63, 3.8) is 0 Å². The van der Waals surface area contributed by atoms with Gasteiger partial charge in [-0.15, -0.1) is 0 Å². The van der Waals surface area contributed by atoms with Crippen LogP contribution < -0.4 is 11.1 Å². The van der Waals surface area contributed by atoms with E-state index in [2.05, 4.69) is 5.32 Å². The third kappa shape index (κ3) is 5.31. The average molecular weight is 263 g/mol. The highest BCUT2D eigenvalue weighted by atomic mass is 16.4. The van der Waals surface area contributed by atoms with Gasteiger partial charge in [-0.1, -0.05) is 30.3 Å². The highest BCUT2D eigenvalue weighted by Crippen LogP contribution is 2.02. The molecule has 0 spiro atoms. The number of hydrogen-bond acceptors (Lipinski definition) is 4. The van der Waals surface area contributed by atoms with Crippen LogP contribution in [-0.2, 0) is 20.8 Å². The molecule has 0 saturated carbocycles. The summed E-state index contributed by atoms with van der Waals surface area (Å²) in [7, 11) is 0. The lowest BCUT2D eigenvalue weighted by atomic mass is 10.1. The first kappa shape index (κ1) is 14.8. The molecule has 1 rings (SSSR count). The minimum atomic E-state index is -1.19. The van der Waals surface area contributed by atoms with Gasteiger partial charge in [-0.3, -0.25) is 14.4 Å². The van der Waals surface area contributed by atoms with Crippen molar-refractivity contribution in [2.45, 2.75) is 24.9 Å². The van der Waals surface area contributed by atoms with Crippen molar-refractivity contribution in [1.29, 1.82) is 0 Å². The van der Waals surface area contributed by atoms with Crippen molar-refractivity contribution in [3.05, 3.63) is 35.9 Å². The third-order valence-electron chi connectivity index (χ3n) is 2.47. The van der Waals surface area contributed by atoms with E-state index in [4.69, 9.17) is 10.8 Å². The standard InChI is InChI=1S/C13H15N2O4/c14-11(6-9-4-2-1-3-5-9)13(19)15-10(8-16)7-12(17)18/h1-5,10-11H,6-7,14H2,(H,15,19)(H,17,18)/t10-,11-/m0/s1. The highest BCUT2D eigenvalue weighted by Gasteiger charge is 2.20. The summed E-state index contributed by atoms with van der Waals surface area (Å²) in [4.78, 5) is 32.7. The first-order valence-corrected chi connectivity index (χ1v) is 5.72. The molecule has 0 aliphatic heterocycles.